The van der Waals surface area contributed by atoms with Gasteiger partial charge in [-0.15, -0.1) is 0 Å². The summed E-state index contributed by atoms with van der Waals surface area (Å²) < 4.78 is 2.12. The van der Waals surface area contributed by atoms with E-state index in [1.165, 1.54) is 16.8 Å². The molecule has 0 fully saturated rings. The highest BCUT2D eigenvalue weighted by Crippen LogP contribution is 2.41. The predicted octanol–water partition coefficient (Wildman–Crippen LogP) is 4.69. The van der Waals surface area contributed by atoms with Crippen LogP contribution in [0.25, 0.3) is 5.69 Å². The van der Waals surface area contributed by atoms with Crippen molar-refractivity contribution in [3.05, 3.63) is 76.9 Å². The van der Waals surface area contributed by atoms with E-state index in [4.69, 9.17) is 5.10 Å². The van der Waals surface area contributed by atoms with Gasteiger partial charge in [-0.2, -0.15) is 5.10 Å². The number of aromatic nitrogens is 3. The van der Waals surface area contributed by atoms with Gasteiger partial charge in [-0.25, -0.2) is 4.68 Å². The van der Waals surface area contributed by atoms with E-state index < -0.39 is 0 Å². The van der Waals surface area contributed by atoms with Gasteiger partial charge >= 0.3 is 0 Å². The molecule has 0 saturated heterocycles. The number of nitrogens with one attached hydrogen (secondary N) is 1. The predicted molar refractivity (Wildman–Crippen MR) is 109 cm³/mol. The molecule has 4 nitrogen and oxygen atoms in total. The molecule has 0 aliphatic heterocycles. The van der Waals surface area contributed by atoms with Gasteiger partial charge in [0.1, 0.15) is 0 Å². The van der Waals surface area contributed by atoms with Crippen LogP contribution in [0, 0.1) is 19.3 Å². The van der Waals surface area contributed by atoms with E-state index in [1.807, 2.05) is 19.2 Å². The first kappa shape index (κ1) is 17.9. The minimum Gasteiger partial charge on any atom is -0.304 e. The van der Waals surface area contributed by atoms with Crippen LogP contribution >= 0.6 is 0 Å². The first-order valence-corrected chi connectivity index (χ1v) is 9.71. The van der Waals surface area contributed by atoms with Crippen LogP contribution in [0.4, 0.5) is 0 Å². The third kappa shape index (κ3) is 3.81. The molecule has 0 spiro atoms. The molecule has 1 N–H and O–H groups in total. The topological polar surface area (TPSA) is 42.7 Å². The molecule has 2 aromatic heterocycles. The molecular formula is C23H28N4. The van der Waals surface area contributed by atoms with Crippen molar-refractivity contribution >= 4 is 0 Å². The van der Waals surface area contributed by atoms with Crippen molar-refractivity contribution in [2.24, 2.45) is 5.41 Å². The van der Waals surface area contributed by atoms with E-state index in [0.717, 1.165) is 36.5 Å². The van der Waals surface area contributed by atoms with Crippen molar-refractivity contribution in [2.45, 2.75) is 53.1 Å². The summed E-state index contributed by atoms with van der Waals surface area (Å²) in [6, 6.07) is 15.1. The first-order chi connectivity index (χ1) is 12.9. The molecule has 1 aromatic carbocycles. The Bertz CT molecular complexity index is 937. The molecule has 0 radical (unpaired) electrons. The van der Waals surface area contributed by atoms with Gasteiger partial charge < -0.3 is 5.32 Å². The van der Waals surface area contributed by atoms with Crippen molar-refractivity contribution < 1.29 is 0 Å². The Labute approximate surface area is 161 Å². The van der Waals surface area contributed by atoms with Crippen molar-refractivity contribution in [1.29, 1.82) is 0 Å². The molecular weight excluding hydrogens is 332 g/mol. The van der Waals surface area contributed by atoms with Gasteiger partial charge in [0.2, 0.25) is 0 Å². The summed E-state index contributed by atoms with van der Waals surface area (Å²) in [5.74, 6) is 0. The van der Waals surface area contributed by atoms with E-state index in [1.54, 1.807) is 0 Å². The van der Waals surface area contributed by atoms with Gasteiger partial charge in [0.15, 0.2) is 0 Å². The highest BCUT2D eigenvalue weighted by molar-refractivity contribution is 5.39. The summed E-state index contributed by atoms with van der Waals surface area (Å²) in [4.78, 5) is 4.63. The summed E-state index contributed by atoms with van der Waals surface area (Å²) >= 11 is 0. The van der Waals surface area contributed by atoms with Crippen LogP contribution < -0.4 is 5.32 Å². The van der Waals surface area contributed by atoms with Gasteiger partial charge in [-0.1, -0.05) is 37.6 Å². The van der Waals surface area contributed by atoms with Crippen LogP contribution in [0.5, 0.6) is 0 Å². The van der Waals surface area contributed by atoms with E-state index >= 15 is 0 Å². The maximum atomic E-state index is 4.74. The Hall–Kier alpha value is -2.46. The number of hydrogen-bond donors (Lipinski definition) is 1. The lowest BCUT2D eigenvalue weighted by Gasteiger charge is -2.36. The van der Waals surface area contributed by atoms with Crippen molar-refractivity contribution in [1.82, 2.24) is 20.1 Å². The van der Waals surface area contributed by atoms with Crippen molar-refractivity contribution in [3.8, 4) is 5.69 Å². The molecule has 27 heavy (non-hydrogen) atoms. The second-order valence-electron chi connectivity index (χ2n) is 8.54. The Morgan fingerprint density at radius 3 is 2.63 bits per heavy atom. The number of pyridine rings is 1. The minimum absolute atomic E-state index is 0.229. The second kappa shape index (κ2) is 6.93. The Kier molecular flexibility index (Phi) is 4.60. The fourth-order valence-electron chi connectivity index (χ4n) is 4.06. The molecule has 4 heteroatoms. The SMILES string of the molecule is Cc1ccc(-n2ncc3c2CC(C)(C)CC3NCc2cccc(C)n2)cc1. The van der Waals surface area contributed by atoms with Crippen LogP contribution in [0.15, 0.2) is 48.7 Å². The fourth-order valence-corrected chi connectivity index (χ4v) is 4.06. The molecule has 2 heterocycles. The molecule has 0 saturated carbocycles. The van der Waals surface area contributed by atoms with E-state index in [-0.39, 0.29) is 5.41 Å². The first-order valence-electron chi connectivity index (χ1n) is 9.71. The van der Waals surface area contributed by atoms with Crippen molar-refractivity contribution in [2.75, 3.05) is 0 Å². The zero-order valence-corrected chi connectivity index (χ0v) is 16.7. The molecule has 1 atom stereocenters. The fraction of sp³-hybridized carbons (Fsp3) is 0.391. The number of nitrogens with zero attached hydrogens (tertiary/aromatic N) is 3. The van der Waals surface area contributed by atoms with Crippen LogP contribution in [-0.2, 0) is 13.0 Å². The molecule has 0 bridgehead atoms. The Balaban J connectivity index is 1.63. The van der Waals surface area contributed by atoms with E-state index in [0.29, 0.717) is 6.04 Å². The zero-order chi connectivity index (χ0) is 19.0. The van der Waals surface area contributed by atoms with Crippen LogP contribution in [0.3, 0.4) is 0 Å². The van der Waals surface area contributed by atoms with E-state index in [2.05, 4.69) is 72.2 Å². The number of rotatable bonds is 4. The summed E-state index contributed by atoms with van der Waals surface area (Å²) in [6.07, 6.45) is 4.19. The molecule has 0 amide bonds. The molecule has 1 aliphatic carbocycles. The number of hydrogen-bond acceptors (Lipinski definition) is 3. The van der Waals surface area contributed by atoms with Crippen LogP contribution in [0.2, 0.25) is 0 Å². The van der Waals surface area contributed by atoms with Crippen LogP contribution in [0.1, 0.15) is 54.5 Å². The summed E-state index contributed by atoms with van der Waals surface area (Å²) in [6.45, 7) is 9.63. The van der Waals surface area contributed by atoms with Gasteiger partial charge in [-0.05, 0) is 56.4 Å². The van der Waals surface area contributed by atoms with E-state index in [9.17, 15) is 0 Å². The van der Waals surface area contributed by atoms with Crippen molar-refractivity contribution in [3.63, 3.8) is 0 Å². The summed E-state index contributed by atoms with van der Waals surface area (Å²) in [7, 11) is 0. The number of fused-ring (bicyclic) bond motifs is 1. The highest BCUT2D eigenvalue weighted by Gasteiger charge is 2.35. The highest BCUT2D eigenvalue weighted by atomic mass is 15.3. The lowest BCUT2D eigenvalue weighted by molar-refractivity contribution is 0.252. The molecule has 140 valence electrons. The quantitative estimate of drug-likeness (QED) is 0.734. The zero-order valence-electron chi connectivity index (χ0n) is 16.7. The van der Waals surface area contributed by atoms with Crippen LogP contribution in [-0.4, -0.2) is 14.8 Å². The average molecular weight is 361 g/mol. The third-order valence-electron chi connectivity index (χ3n) is 5.43. The lowest BCUT2D eigenvalue weighted by Crippen LogP contribution is -2.33. The molecule has 3 aromatic rings. The third-order valence-corrected chi connectivity index (χ3v) is 5.43. The summed E-state index contributed by atoms with van der Waals surface area (Å²) in [5.41, 5.74) is 7.43. The number of benzene rings is 1. The second-order valence-corrected chi connectivity index (χ2v) is 8.54. The smallest absolute Gasteiger partial charge is 0.0649 e. The Morgan fingerprint density at radius 1 is 1.11 bits per heavy atom. The maximum absolute atomic E-state index is 4.74. The largest absolute Gasteiger partial charge is 0.304 e. The monoisotopic (exact) mass is 360 g/mol. The summed E-state index contributed by atoms with van der Waals surface area (Å²) in [5, 5.41) is 8.48. The maximum Gasteiger partial charge on any atom is 0.0649 e. The average Bonchev–Trinajstić information content (AvgIpc) is 3.03. The van der Waals surface area contributed by atoms with Gasteiger partial charge in [0, 0.05) is 29.5 Å². The number of aryl methyl sites for hydroxylation is 2. The van der Waals surface area contributed by atoms with Gasteiger partial charge in [0.25, 0.3) is 0 Å². The standard InChI is InChI=1S/C23H28N4/c1-16-8-10-19(11-9-16)27-22-13-23(3,4)12-21(20(22)15-25-27)24-14-18-7-5-6-17(2)26-18/h5-11,15,21,24H,12-14H2,1-4H3. The molecule has 1 unspecified atom stereocenters. The molecule has 4 rings (SSSR count). The normalized spacial score (nSPS) is 18.3. The van der Waals surface area contributed by atoms with Gasteiger partial charge in [0.05, 0.1) is 17.6 Å². The Morgan fingerprint density at radius 2 is 1.89 bits per heavy atom. The lowest BCUT2D eigenvalue weighted by atomic mass is 9.74. The van der Waals surface area contributed by atoms with Gasteiger partial charge in [-0.3, -0.25) is 4.98 Å². The minimum atomic E-state index is 0.229. The molecule has 1 aliphatic rings.